The third kappa shape index (κ3) is 2.41. The lowest BCUT2D eigenvalue weighted by Gasteiger charge is -2.13. The molecule has 1 fully saturated rings. The fourth-order valence-electron chi connectivity index (χ4n) is 1.40. The average Bonchev–Trinajstić information content (AvgIpc) is 2.91. The monoisotopic (exact) mass is 194 g/mol. The van der Waals surface area contributed by atoms with Crippen LogP contribution in [0.1, 0.15) is 19.8 Å². The van der Waals surface area contributed by atoms with Gasteiger partial charge >= 0.3 is 0 Å². The van der Waals surface area contributed by atoms with Crippen molar-refractivity contribution in [3.05, 3.63) is 24.3 Å². The molecule has 1 saturated carbocycles. The molecule has 0 aliphatic heterocycles. The number of thiol groups is 1. The summed E-state index contributed by atoms with van der Waals surface area (Å²) in [6.45, 7) is 2.15. The lowest BCUT2D eigenvalue weighted by Crippen LogP contribution is -2.13. The molecule has 1 aromatic rings. The van der Waals surface area contributed by atoms with Gasteiger partial charge in [0.25, 0.3) is 0 Å². The third-order valence-electron chi connectivity index (χ3n) is 2.44. The molecule has 0 spiro atoms. The van der Waals surface area contributed by atoms with Gasteiger partial charge in [0.15, 0.2) is 0 Å². The van der Waals surface area contributed by atoms with E-state index in [2.05, 4.69) is 19.6 Å². The average molecular weight is 194 g/mol. The fourth-order valence-corrected chi connectivity index (χ4v) is 1.55. The topological polar surface area (TPSA) is 9.23 Å². The van der Waals surface area contributed by atoms with Gasteiger partial charge in [0.2, 0.25) is 0 Å². The van der Waals surface area contributed by atoms with Crippen LogP contribution in [-0.2, 0) is 0 Å². The summed E-state index contributed by atoms with van der Waals surface area (Å²) in [5.41, 5.74) is 0. The Kier molecular flexibility index (Phi) is 2.49. The highest BCUT2D eigenvalue weighted by molar-refractivity contribution is 7.80. The number of hydrogen-bond acceptors (Lipinski definition) is 2. The van der Waals surface area contributed by atoms with Crippen molar-refractivity contribution in [1.29, 1.82) is 0 Å². The Hall–Kier alpha value is -0.630. The zero-order chi connectivity index (χ0) is 9.26. The largest absolute Gasteiger partial charge is 0.490 e. The second-order valence-corrected chi connectivity index (χ2v) is 4.17. The number of hydrogen-bond donors (Lipinski definition) is 1. The number of ether oxygens (including phenoxy) is 1. The quantitative estimate of drug-likeness (QED) is 0.727. The molecular formula is C11H14OS. The van der Waals surface area contributed by atoms with Crippen molar-refractivity contribution in [1.82, 2.24) is 0 Å². The minimum Gasteiger partial charge on any atom is -0.490 e. The summed E-state index contributed by atoms with van der Waals surface area (Å²) in [5.74, 6) is 1.74. The van der Waals surface area contributed by atoms with Gasteiger partial charge in [-0.25, -0.2) is 0 Å². The molecule has 70 valence electrons. The molecule has 0 bridgehead atoms. The van der Waals surface area contributed by atoms with Crippen LogP contribution in [-0.4, -0.2) is 6.10 Å². The molecule has 1 aliphatic carbocycles. The predicted octanol–water partition coefficient (Wildman–Crippen LogP) is 3.15. The summed E-state index contributed by atoms with van der Waals surface area (Å²) >= 11 is 4.22. The van der Waals surface area contributed by atoms with E-state index in [1.165, 1.54) is 12.8 Å². The van der Waals surface area contributed by atoms with E-state index in [0.717, 1.165) is 16.6 Å². The third-order valence-corrected chi connectivity index (χ3v) is 2.74. The van der Waals surface area contributed by atoms with Gasteiger partial charge in [-0.1, -0.05) is 0 Å². The molecular weight excluding hydrogens is 180 g/mol. The number of benzene rings is 1. The SMILES string of the molecule is CC(Oc1ccc(S)cc1)C1CC1. The highest BCUT2D eigenvalue weighted by Gasteiger charge is 2.29. The van der Waals surface area contributed by atoms with Crippen LogP contribution in [0, 0.1) is 5.92 Å². The van der Waals surface area contributed by atoms with Gasteiger partial charge in [-0.3, -0.25) is 0 Å². The minimum absolute atomic E-state index is 0.366. The summed E-state index contributed by atoms with van der Waals surface area (Å²) < 4.78 is 5.76. The molecule has 1 unspecified atom stereocenters. The second-order valence-electron chi connectivity index (χ2n) is 3.65. The first-order valence-electron chi connectivity index (χ1n) is 4.71. The van der Waals surface area contributed by atoms with Gasteiger partial charge in [-0.05, 0) is 49.9 Å². The Bertz CT molecular complexity index is 277. The van der Waals surface area contributed by atoms with Gasteiger partial charge in [-0.2, -0.15) is 0 Å². The lowest BCUT2D eigenvalue weighted by atomic mass is 10.2. The van der Waals surface area contributed by atoms with E-state index in [1.807, 2.05) is 24.3 Å². The van der Waals surface area contributed by atoms with Crippen LogP contribution in [0.3, 0.4) is 0 Å². The van der Waals surface area contributed by atoms with E-state index < -0.39 is 0 Å². The standard InChI is InChI=1S/C11H14OS/c1-8(9-2-3-9)12-10-4-6-11(13)7-5-10/h4-9,13H,2-3H2,1H3. The maximum Gasteiger partial charge on any atom is 0.119 e. The van der Waals surface area contributed by atoms with Crippen molar-refractivity contribution in [2.45, 2.75) is 30.8 Å². The summed E-state index contributed by atoms with van der Waals surface area (Å²) in [7, 11) is 0. The zero-order valence-electron chi connectivity index (χ0n) is 7.73. The molecule has 0 N–H and O–H groups in total. The van der Waals surface area contributed by atoms with Crippen molar-refractivity contribution in [3.8, 4) is 5.75 Å². The minimum atomic E-state index is 0.366. The smallest absolute Gasteiger partial charge is 0.119 e. The van der Waals surface area contributed by atoms with Crippen molar-refractivity contribution in [2.75, 3.05) is 0 Å². The van der Waals surface area contributed by atoms with E-state index >= 15 is 0 Å². The highest BCUT2D eigenvalue weighted by atomic mass is 32.1. The molecule has 0 aromatic heterocycles. The molecule has 2 rings (SSSR count). The van der Waals surface area contributed by atoms with Gasteiger partial charge in [0.05, 0.1) is 6.10 Å². The van der Waals surface area contributed by atoms with E-state index in [9.17, 15) is 0 Å². The normalized spacial score (nSPS) is 18.3. The van der Waals surface area contributed by atoms with Crippen molar-refractivity contribution in [3.63, 3.8) is 0 Å². The van der Waals surface area contributed by atoms with Gasteiger partial charge in [0.1, 0.15) is 5.75 Å². The molecule has 1 aromatic carbocycles. The van der Waals surface area contributed by atoms with E-state index in [1.54, 1.807) is 0 Å². The van der Waals surface area contributed by atoms with Gasteiger partial charge in [-0.15, -0.1) is 12.6 Å². The Morgan fingerprint density at radius 3 is 2.46 bits per heavy atom. The van der Waals surface area contributed by atoms with Crippen molar-refractivity contribution >= 4 is 12.6 Å². The van der Waals surface area contributed by atoms with Crippen LogP contribution >= 0.6 is 12.6 Å². The molecule has 1 nitrogen and oxygen atoms in total. The molecule has 13 heavy (non-hydrogen) atoms. The van der Waals surface area contributed by atoms with E-state index in [4.69, 9.17) is 4.74 Å². The van der Waals surface area contributed by atoms with Crippen LogP contribution in [0.25, 0.3) is 0 Å². The summed E-state index contributed by atoms with van der Waals surface area (Å²) in [6, 6.07) is 7.86. The molecule has 0 heterocycles. The first-order valence-corrected chi connectivity index (χ1v) is 5.16. The first kappa shape index (κ1) is 8.95. The first-order chi connectivity index (χ1) is 6.25. The van der Waals surface area contributed by atoms with Gasteiger partial charge in [0, 0.05) is 4.90 Å². The van der Waals surface area contributed by atoms with Crippen LogP contribution in [0.4, 0.5) is 0 Å². The predicted molar refractivity (Wildman–Crippen MR) is 56.5 cm³/mol. The van der Waals surface area contributed by atoms with Crippen molar-refractivity contribution in [2.24, 2.45) is 5.92 Å². The highest BCUT2D eigenvalue weighted by Crippen LogP contribution is 2.34. The van der Waals surface area contributed by atoms with Crippen LogP contribution in [0.5, 0.6) is 5.75 Å². The molecule has 1 aliphatic rings. The second kappa shape index (κ2) is 3.62. The van der Waals surface area contributed by atoms with Crippen LogP contribution in [0.2, 0.25) is 0 Å². The van der Waals surface area contributed by atoms with Crippen LogP contribution < -0.4 is 4.74 Å². The Morgan fingerprint density at radius 2 is 1.92 bits per heavy atom. The Labute approximate surface area is 84.5 Å². The zero-order valence-corrected chi connectivity index (χ0v) is 8.63. The van der Waals surface area contributed by atoms with Crippen molar-refractivity contribution < 1.29 is 4.74 Å². The van der Waals surface area contributed by atoms with E-state index in [-0.39, 0.29) is 0 Å². The molecule has 1 atom stereocenters. The van der Waals surface area contributed by atoms with E-state index in [0.29, 0.717) is 6.10 Å². The number of rotatable bonds is 3. The maximum atomic E-state index is 5.76. The summed E-state index contributed by atoms with van der Waals surface area (Å²) in [4.78, 5) is 0.978. The summed E-state index contributed by atoms with van der Waals surface area (Å²) in [6.07, 6.45) is 3.02. The fraction of sp³-hybridized carbons (Fsp3) is 0.455. The molecule has 0 amide bonds. The Morgan fingerprint density at radius 1 is 1.31 bits per heavy atom. The van der Waals surface area contributed by atoms with Crippen LogP contribution in [0.15, 0.2) is 29.2 Å². The maximum absolute atomic E-state index is 5.76. The molecule has 0 saturated heterocycles. The molecule has 0 radical (unpaired) electrons. The summed E-state index contributed by atoms with van der Waals surface area (Å²) in [5, 5.41) is 0. The van der Waals surface area contributed by atoms with Gasteiger partial charge < -0.3 is 4.74 Å². The lowest BCUT2D eigenvalue weighted by molar-refractivity contribution is 0.198. The Balaban J connectivity index is 1.96. The molecule has 2 heteroatoms.